The number of nitrogens with zero attached hydrogens (tertiary/aromatic N) is 2. The smallest absolute Gasteiger partial charge is 0.225 e. The Morgan fingerprint density at radius 3 is 3.24 bits per heavy atom. The zero-order chi connectivity index (χ0) is 14.8. The highest BCUT2D eigenvalue weighted by Gasteiger charge is 2.20. The molecule has 0 saturated heterocycles. The number of fused-ring (bicyclic) bond motifs is 1. The molecule has 0 aromatic carbocycles. The highest BCUT2D eigenvalue weighted by Crippen LogP contribution is 2.23. The first-order valence-corrected chi connectivity index (χ1v) is 8.36. The van der Waals surface area contributed by atoms with E-state index in [2.05, 4.69) is 10.3 Å². The molecule has 2 aromatic rings. The average Bonchev–Trinajstić information content (AvgIpc) is 2.97. The van der Waals surface area contributed by atoms with Crippen LogP contribution in [0.3, 0.4) is 0 Å². The van der Waals surface area contributed by atoms with E-state index in [9.17, 15) is 9.90 Å². The first-order chi connectivity index (χ1) is 10.1. The predicted molar refractivity (Wildman–Crippen MR) is 82.5 cm³/mol. The Morgan fingerprint density at radius 1 is 1.57 bits per heavy atom. The number of thiazole rings is 1. The van der Waals surface area contributed by atoms with Gasteiger partial charge >= 0.3 is 0 Å². The Morgan fingerprint density at radius 2 is 2.43 bits per heavy atom. The molecule has 0 spiro atoms. The Labute approximate surface area is 128 Å². The fourth-order valence-corrected chi connectivity index (χ4v) is 3.92. The highest BCUT2D eigenvalue weighted by atomic mass is 32.1. The Hall–Kier alpha value is -1.40. The predicted octanol–water partition coefficient (Wildman–Crippen LogP) is 1.91. The SMILES string of the molecule is Cc1cn2c(CC(=O)NCC3CCCC(O)C3)csc2n1. The summed E-state index contributed by atoms with van der Waals surface area (Å²) in [4.78, 5) is 17.4. The van der Waals surface area contributed by atoms with Gasteiger partial charge in [0.15, 0.2) is 4.96 Å². The first kappa shape index (κ1) is 14.5. The van der Waals surface area contributed by atoms with E-state index in [1.54, 1.807) is 11.3 Å². The molecular weight excluding hydrogens is 286 g/mol. The van der Waals surface area contributed by atoms with Crippen LogP contribution in [0.2, 0.25) is 0 Å². The van der Waals surface area contributed by atoms with Gasteiger partial charge in [-0.1, -0.05) is 6.42 Å². The van der Waals surface area contributed by atoms with Gasteiger partial charge in [-0.15, -0.1) is 11.3 Å². The fraction of sp³-hybridized carbons (Fsp3) is 0.600. The Balaban J connectivity index is 1.54. The van der Waals surface area contributed by atoms with E-state index < -0.39 is 0 Å². The van der Waals surface area contributed by atoms with Crippen molar-refractivity contribution < 1.29 is 9.90 Å². The summed E-state index contributed by atoms with van der Waals surface area (Å²) in [6.07, 6.45) is 6.02. The summed E-state index contributed by atoms with van der Waals surface area (Å²) in [5.41, 5.74) is 1.96. The van der Waals surface area contributed by atoms with Gasteiger partial charge in [-0.25, -0.2) is 4.98 Å². The fourth-order valence-electron chi connectivity index (χ4n) is 3.00. The van der Waals surface area contributed by atoms with Crippen molar-refractivity contribution in [2.24, 2.45) is 5.92 Å². The van der Waals surface area contributed by atoms with Crippen molar-refractivity contribution in [2.45, 2.75) is 45.1 Å². The van der Waals surface area contributed by atoms with E-state index in [4.69, 9.17) is 0 Å². The van der Waals surface area contributed by atoms with Gasteiger partial charge in [0.1, 0.15) is 0 Å². The average molecular weight is 307 g/mol. The molecule has 0 bridgehead atoms. The molecule has 1 aliphatic carbocycles. The summed E-state index contributed by atoms with van der Waals surface area (Å²) in [6.45, 7) is 2.63. The molecule has 3 rings (SSSR count). The number of carbonyl (C=O) groups is 1. The van der Waals surface area contributed by atoms with E-state index in [1.807, 2.05) is 22.9 Å². The second-order valence-electron chi connectivity index (χ2n) is 5.93. The zero-order valence-electron chi connectivity index (χ0n) is 12.2. The standard InChI is InChI=1S/C15H21N3O2S/c1-10-8-18-12(9-21-15(18)17-10)6-14(20)16-7-11-3-2-4-13(19)5-11/h8-9,11,13,19H,2-7H2,1H3,(H,16,20). The third-order valence-electron chi connectivity index (χ3n) is 4.09. The van der Waals surface area contributed by atoms with Gasteiger partial charge in [-0.2, -0.15) is 0 Å². The number of nitrogens with one attached hydrogen (secondary N) is 1. The molecule has 6 heteroatoms. The van der Waals surface area contributed by atoms with Crippen LogP contribution in [0, 0.1) is 12.8 Å². The minimum atomic E-state index is -0.189. The van der Waals surface area contributed by atoms with Crippen LogP contribution in [0.15, 0.2) is 11.6 Å². The maximum absolute atomic E-state index is 12.1. The minimum Gasteiger partial charge on any atom is -0.393 e. The number of aliphatic hydroxyl groups is 1. The molecule has 114 valence electrons. The van der Waals surface area contributed by atoms with Gasteiger partial charge in [0.05, 0.1) is 18.2 Å². The number of aryl methyl sites for hydroxylation is 1. The molecule has 5 nitrogen and oxygen atoms in total. The molecular formula is C15H21N3O2S. The van der Waals surface area contributed by atoms with Crippen LogP contribution in [0.25, 0.3) is 4.96 Å². The Kier molecular flexibility index (Phi) is 4.26. The van der Waals surface area contributed by atoms with E-state index in [0.717, 1.165) is 42.0 Å². The molecule has 2 N–H and O–H groups in total. The first-order valence-electron chi connectivity index (χ1n) is 7.48. The van der Waals surface area contributed by atoms with Crippen LogP contribution >= 0.6 is 11.3 Å². The zero-order valence-corrected chi connectivity index (χ0v) is 13.0. The summed E-state index contributed by atoms with van der Waals surface area (Å²) in [5, 5.41) is 14.6. The van der Waals surface area contributed by atoms with Crippen molar-refractivity contribution in [2.75, 3.05) is 6.54 Å². The number of imidazole rings is 1. The lowest BCUT2D eigenvalue weighted by atomic mass is 9.87. The number of aromatic nitrogens is 2. The van der Waals surface area contributed by atoms with Crippen molar-refractivity contribution in [1.82, 2.24) is 14.7 Å². The van der Waals surface area contributed by atoms with Crippen LogP contribution in [-0.4, -0.2) is 33.0 Å². The number of carbonyl (C=O) groups excluding carboxylic acids is 1. The third kappa shape index (κ3) is 3.44. The molecule has 1 aliphatic rings. The van der Waals surface area contributed by atoms with Gasteiger partial charge in [-0.05, 0) is 32.1 Å². The summed E-state index contributed by atoms with van der Waals surface area (Å²) >= 11 is 1.56. The van der Waals surface area contributed by atoms with E-state index >= 15 is 0 Å². The van der Waals surface area contributed by atoms with Gasteiger partial charge in [0.25, 0.3) is 0 Å². The van der Waals surface area contributed by atoms with Crippen molar-refractivity contribution in [3.8, 4) is 0 Å². The molecule has 2 heterocycles. The van der Waals surface area contributed by atoms with Crippen molar-refractivity contribution in [1.29, 1.82) is 0 Å². The monoisotopic (exact) mass is 307 g/mol. The quantitative estimate of drug-likeness (QED) is 0.907. The van der Waals surface area contributed by atoms with Gasteiger partial charge < -0.3 is 10.4 Å². The lowest BCUT2D eigenvalue weighted by Crippen LogP contribution is -2.33. The molecule has 1 fully saturated rings. The van der Waals surface area contributed by atoms with Crippen LogP contribution < -0.4 is 5.32 Å². The second kappa shape index (κ2) is 6.15. The van der Waals surface area contributed by atoms with Gasteiger partial charge in [0.2, 0.25) is 5.91 Å². The number of amides is 1. The normalized spacial score (nSPS) is 22.6. The molecule has 2 atom stereocenters. The molecule has 2 unspecified atom stereocenters. The molecule has 1 amide bonds. The van der Waals surface area contributed by atoms with Crippen molar-refractivity contribution >= 4 is 22.2 Å². The molecule has 1 saturated carbocycles. The topological polar surface area (TPSA) is 66.6 Å². The lowest BCUT2D eigenvalue weighted by Gasteiger charge is -2.25. The van der Waals surface area contributed by atoms with Gasteiger partial charge in [-0.3, -0.25) is 9.20 Å². The van der Waals surface area contributed by atoms with E-state index in [0.29, 0.717) is 18.9 Å². The molecule has 21 heavy (non-hydrogen) atoms. The highest BCUT2D eigenvalue weighted by molar-refractivity contribution is 7.15. The number of aliphatic hydroxyl groups excluding tert-OH is 1. The summed E-state index contributed by atoms with van der Waals surface area (Å²) in [6, 6.07) is 0. The summed E-state index contributed by atoms with van der Waals surface area (Å²) in [5.74, 6) is 0.455. The van der Waals surface area contributed by atoms with Crippen molar-refractivity contribution in [3.63, 3.8) is 0 Å². The minimum absolute atomic E-state index is 0.0427. The largest absolute Gasteiger partial charge is 0.393 e. The second-order valence-corrected chi connectivity index (χ2v) is 6.77. The van der Waals surface area contributed by atoms with Crippen LogP contribution in [0.1, 0.15) is 37.1 Å². The van der Waals surface area contributed by atoms with Crippen LogP contribution in [0.4, 0.5) is 0 Å². The summed E-state index contributed by atoms with van der Waals surface area (Å²) < 4.78 is 1.99. The van der Waals surface area contributed by atoms with Gasteiger partial charge in [0, 0.05) is 23.8 Å². The van der Waals surface area contributed by atoms with Crippen molar-refractivity contribution in [3.05, 3.63) is 23.0 Å². The molecule has 2 aromatic heterocycles. The van der Waals surface area contributed by atoms with Crippen LogP contribution in [0.5, 0.6) is 0 Å². The van der Waals surface area contributed by atoms with Crippen LogP contribution in [-0.2, 0) is 11.2 Å². The lowest BCUT2D eigenvalue weighted by molar-refractivity contribution is -0.120. The molecule has 0 radical (unpaired) electrons. The Bertz CT molecular complexity index is 634. The summed E-state index contributed by atoms with van der Waals surface area (Å²) in [7, 11) is 0. The number of rotatable bonds is 4. The maximum atomic E-state index is 12.1. The molecule has 0 aliphatic heterocycles. The maximum Gasteiger partial charge on any atom is 0.225 e. The van der Waals surface area contributed by atoms with E-state index in [-0.39, 0.29) is 12.0 Å². The van der Waals surface area contributed by atoms with E-state index in [1.165, 1.54) is 0 Å². The number of hydrogen-bond acceptors (Lipinski definition) is 4. The number of hydrogen-bond donors (Lipinski definition) is 2. The third-order valence-corrected chi connectivity index (χ3v) is 4.98.